The first-order chi connectivity index (χ1) is 11.6. The largest absolute Gasteiger partial charge is 0.465 e. The fourth-order valence-corrected chi connectivity index (χ4v) is 3.70. The monoisotopic (exact) mass is 379 g/mol. The molecule has 1 heterocycles. The third kappa shape index (κ3) is 4.26. The van der Waals surface area contributed by atoms with Crippen LogP contribution in [0.1, 0.15) is 5.56 Å². The number of nitrogens with one attached hydrogen (secondary N) is 1. The molecule has 1 N–H and O–H groups in total. The summed E-state index contributed by atoms with van der Waals surface area (Å²) in [5, 5.41) is 2.34. The molecule has 0 saturated heterocycles. The van der Waals surface area contributed by atoms with Gasteiger partial charge in [-0.3, -0.25) is 4.79 Å². The van der Waals surface area contributed by atoms with Crippen LogP contribution < -0.4 is 0 Å². The minimum atomic E-state index is -0.238. The lowest BCUT2D eigenvalue weighted by atomic mass is 10.1. The Kier molecular flexibility index (Phi) is 5.72. The Morgan fingerprint density at radius 1 is 1.17 bits per heavy atom. The molecule has 3 nitrogen and oxygen atoms in total. The predicted octanol–water partition coefficient (Wildman–Crippen LogP) is 5.35. The highest BCUT2D eigenvalue weighted by Crippen LogP contribution is 2.29. The van der Waals surface area contributed by atoms with Gasteiger partial charge in [0.1, 0.15) is 6.61 Å². The number of esters is 1. The average Bonchev–Trinajstić information content (AvgIpc) is 2.98. The maximum absolute atomic E-state index is 12.0. The van der Waals surface area contributed by atoms with Crippen molar-refractivity contribution in [1.29, 1.82) is 0 Å². The van der Waals surface area contributed by atoms with E-state index in [9.17, 15) is 4.79 Å². The second kappa shape index (κ2) is 7.97. The normalized spacial score (nSPS) is 10.9. The summed E-state index contributed by atoms with van der Waals surface area (Å²) in [7, 11) is 0. The molecule has 124 valence electrons. The molecule has 0 aliphatic heterocycles. The van der Waals surface area contributed by atoms with E-state index in [4.69, 9.17) is 27.9 Å². The van der Waals surface area contributed by atoms with Crippen molar-refractivity contribution in [3.05, 3.63) is 64.3 Å². The quantitative estimate of drug-likeness (QED) is 0.356. The van der Waals surface area contributed by atoms with E-state index in [0.717, 1.165) is 21.4 Å². The van der Waals surface area contributed by atoms with Crippen molar-refractivity contribution in [1.82, 2.24) is 4.98 Å². The Morgan fingerprint density at radius 2 is 2.00 bits per heavy atom. The maximum atomic E-state index is 12.0. The van der Waals surface area contributed by atoms with Gasteiger partial charge in [0.25, 0.3) is 0 Å². The topological polar surface area (TPSA) is 42.1 Å². The van der Waals surface area contributed by atoms with Crippen LogP contribution in [-0.4, -0.2) is 23.3 Å². The number of thioether (sulfide) groups is 1. The number of fused-ring (bicyclic) bond motifs is 1. The van der Waals surface area contributed by atoms with Crippen LogP contribution in [-0.2, 0) is 16.0 Å². The fourth-order valence-electron chi connectivity index (χ4n) is 2.38. The van der Waals surface area contributed by atoms with Crippen LogP contribution in [0.25, 0.3) is 10.9 Å². The van der Waals surface area contributed by atoms with Gasteiger partial charge >= 0.3 is 5.97 Å². The van der Waals surface area contributed by atoms with Gasteiger partial charge in [-0.1, -0.05) is 41.4 Å². The third-order valence-electron chi connectivity index (χ3n) is 3.51. The average molecular weight is 380 g/mol. The second-order valence-electron chi connectivity index (χ2n) is 5.18. The lowest BCUT2D eigenvalue weighted by Crippen LogP contribution is -2.10. The first-order valence-corrected chi connectivity index (χ1v) is 9.16. The molecule has 0 radical (unpaired) electrons. The highest BCUT2D eigenvalue weighted by atomic mass is 35.5. The number of hydrogen-bond donors (Lipinski definition) is 1. The maximum Gasteiger partial charge on any atom is 0.310 e. The van der Waals surface area contributed by atoms with Crippen LogP contribution in [0.15, 0.2) is 53.6 Å². The molecule has 0 amide bonds. The van der Waals surface area contributed by atoms with Crippen molar-refractivity contribution < 1.29 is 9.53 Å². The molecule has 3 aromatic rings. The van der Waals surface area contributed by atoms with Gasteiger partial charge in [-0.2, -0.15) is 0 Å². The van der Waals surface area contributed by atoms with E-state index >= 15 is 0 Å². The van der Waals surface area contributed by atoms with Crippen LogP contribution >= 0.6 is 35.0 Å². The van der Waals surface area contributed by atoms with Crippen molar-refractivity contribution in [3.63, 3.8) is 0 Å². The molecule has 6 heteroatoms. The summed E-state index contributed by atoms with van der Waals surface area (Å²) in [4.78, 5) is 16.0. The first kappa shape index (κ1) is 17.2. The van der Waals surface area contributed by atoms with Crippen molar-refractivity contribution in [2.45, 2.75) is 11.3 Å². The zero-order chi connectivity index (χ0) is 16.9. The van der Waals surface area contributed by atoms with E-state index in [-0.39, 0.29) is 12.4 Å². The van der Waals surface area contributed by atoms with Gasteiger partial charge in [-0.05, 0) is 29.8 Å². The van der Waals surface area contributed by atoms with Crippen molar-refractivity contribution >= 4 is 51.8 Å². The van der Waals surface area contributed by atoms with Crippen LogP contribution in [0.2, 0.25) is 10.0 Å². The second-order valence-corrected chi connectivity index (χ2v) is 7.16. The van der Waals surface area contributed by atoms with Gasteiger partial charge in [0.15, 0.2) is 0 Å². The molecule has 0 fully saturated rings. The molecule has 0 bridgehead atoms. The molecule has 0 unspecified atom stereocenters. The zero-order valence-electron chi connectivity index (χ0n) is 12.7. The number of rotatable bonds is 6. The number of aromatic amines is 1. The van der Waals surface area contributed by atoms with E-state index in [1.807, 2.05) is 36.5 Å². The van der Waals surface area contributed by atoms with Crippen molar-refractivity contribution in [2.24, 2.45) is 0 Å². The first-order valence-electron chi connectivity index (χ1n) is 7.42. The van der Waals surface area contributed by atoms with E-state index in [2.05, 4.69) is 4.98 Å². The molecular weight excluding hydrogens is 365 g/mol. The zero-order valence-corrected chi connectivity index (χ0v) is 15.0. The van der Waals surface area contributed by atoms with Gasteiger partial charge in [0, 0.05) is 32.8 Å². The number of carbonyl (C=O) groups excluding carboxylic acids is 1. The number of H-pyrrole nitrogens is 1. The van der Waals surface area contributed by atoms with Crippen LogP contribution in [0.3, 0.4) is 0 Å². The Balaban J connectivity index is 1.48. The van der Waals surface area contributed by atoms with Crippen LogP contribution in [0, 0.1) is 0 Å². The lowest BCUT2D eigenvalue weighted by Gasteiger charge is -2.06. The molecule has 0 aliphatic carbocycles. The number of hydrogen-bond acceptors (Lipinski definition) is 3. The summed E-state index contributed by atoms with van der Waals surface area (Å²) in [6.07, 6.45) is 2.11. The Labute approximate surface area is 154 Å². The van der Waals surface area contributed by atoms with Crippen LogP contribution in [0.5, 0.6) is 0 Å². The number of aromatic nitrogens is 1. The molecule has 0 aliphatic rings. The molecule has 3 rings (SSSR count). The molecule has 2 aromatic carbocycles. The van der Waals surface area contributed by atoms with Gasteiger partial charge in [-0.15, -0.1) is 11.8 Å². The summed E-state index contributed by atoms with van der Waals surface area (Å²) < 4.78 is 5.31. The molecular formula is C18H15Cl2NO2S. The van der Waals surface area contributed by atoms with Gasteiger partial charge in [0.2, 0.25) is 0 Å². The van der Waals surface area contributed by atoms with Crippen molar-refractivity contribution in [2.75, 3.05) is 12.4 Å². The minimum absolute atomic E-state index is 0.238. The number of para-hydroxylation sites is 1. The summed E-state index contributed by atoms with van der Waals surface area (Å²) in [6, 6.07) is 13.2. The fraction of sp³-hybridized carbons (Fsp3) is 0.167. The Hall–Kier alpha value is -1.62. The summed E-state index contributed by atoms with van der Waals surface area (Å²) >= 11 is 13.6. The minimum Gasteiger partial charge on any atom is -0.465 e. The SMILES string of the molecule is O=C(Cc1c[nH]c2ccccc12)OCCSc1cc(Cl)ccc1Cl. The van der Waals surface area contributed by atoms with Gasteiger partial charge < -0.3 is 9.72 Å². The Bertz CT molecular complexity index is 863. The predicted molar refractivity (Wildman–Crippen MR) is 100 cm³/mol. The van der Waals surface area contributed by atoms with Gasteiger partial charge in [-0.25, -0.2) is 0 Å². The van der Waals surface area contributed by atoms with E-state index in [1.54, 1.807) is 12.1 Å². The Morgan fingerprint density at radius 3 is 2.88 bits per heavy atom. The summed E-state index contributed by atoms with van der Waals surface area (Å²) in [5.74, 6) is 0.386. The van der Waals surface area contributed by atoms with E-state index in [1.165, 1.54) is 11.8 Å². The molecule has 0 spiro atoms. The highest BCUT2D eigenvalue weighted by molar-refractivity contribution is 7.99. The summed E-state index contributed by atoms with van der Waals surface area (Å²) in [6.45, 7) is 0.328. The molecule has 0 atom stereocenters. The summed E-state index contributed by atoms with van der Waals surface area (Å²) in [5.41, 5.74) is 1.97. The van der Waals surface area contributed by atoms with Crippen molar-refractivity contribution in [3.8, 4) is 0 Å². The third-order valence-corrected chi connectivity index (χ3v) is 5.20. The molecule has 0 saturated carbocycles. The number of ether oxygens (including phenoxy) is 1. The van der Waals surface area contributed by atoms with E-state index in [0.29, 0.717) is 22.4 Å². The van der Waals surface area contributed by atoms with E-state index < -0.39 is 0 Å². The number of benzene rings is 2. The molecule has 1 aromatic heterocycles. The number of carbonyl (C=O) groups is 1. The number of halogens is 2. The lowest BCUT2D eigenvalue weighted by molar-refractivity contribution is -0.142. The van der Waals surface area contributed by atoms with Crippen LogP contribution in [0.4, 0.5) is 0 Å². The molecule has 24 heavy (non-hydrogen) atoms. The standard InChI is InChI=1S/C18H15Cl2NO2S/c19-13-5-6-15(20)17(10-13)24-8-7-23-18(22)9-12-11-21-16-4-2-1-3-14(12)16/h1-6,10-11,21H,7-9H2. The smallest absolute Gasteiger partial charge is 0.310 e. The highest BCUT2D eigenvalue weighted by Gasteiger charge is 2.10. The van der Waals surface area contributed by atoms with Gasteiger partial charge in [0.05, 0.1) is 11.4 Å².